The van der Waals surface area contributed by atoms with E-state index in [9.17, 15) is 19.5 Å². The number of aliphatic carboxylic acids is 2. The van der Waals surface area contributed by atoms with Crippen LogP contribution in [0.25, 0.3) is 0 Å². The molecule has 0 bridgehead atoms. The van der Waals surface area contributed by atoms with Crippen molar-refractivity contribution in [3.05, 3.63) is 0 Å². The van der Waals surface area contributed by atoms with E-state index in [2.05, 4.69) is 4.74 Å². The molecule has 0 aliphatic heterocycles. The van der Waals surface area contributed by atoms with Crippen molar-refractivity contribution in [3.8, 4) is 0 Å². The van der Waals surface area contributed by atoms with Crippen LogP contribution in [-0.4, -0.2) is 29.6 Å². The van der Waals surface area contributed by atoms with E-state index < -0.39 is 30.9 Å². The second kappa shape index (κ2) is 8.64. The first-order chi connectivity index (χ1) is 5.52. The molecule has 0 aromatic heterocycles. The molecular formula is C6H7KO6. The van der Waals surface area contributed by atoms with Crippen LogP contribution in [-0.2, 0) is 19.1 Å². The average molecular weight is 214 g/mol. The fourth-order valence-electron chi connectivity index (χ4n) is 0.419. The molecule has 0 unspecified atom stereocenters. The second-order valence-electron chi connectivity index (χ2n) is 1.93. The molecule has 0 aliphatic rings. The summed E-state index contributed by atoms with van der Waals surface area (Å²) in [7, 11) is 0. The fraction of sp³-hybridized carbons (Fsp3) is 0.500. The van der Waals surface area contributed by atoms with E-state index in [-0.39, 0.29) is 57.8 Å². The molecule has 6 nitrogen and oxygen atoms in total. The monoisotopic (exact) mass is 214 g/mol. The van der Waals surface area contributed by atoms with Gasteiger partial charge in [0, 0.05) is 5.97 Å². The summed E-state index contributed by atoms with van der Waals surface area (Å²) in [5.41, 5.74) is 0. The molecule has 0 fully saturated rings. The summed E-state index contributed by atoms with van der Waals surface area (Å²) in [6, 6.07) is 0. The third-order valence-electron chi connectivity index (χ3n) is 0.890. The number of carbonyl (C=O) groups excluding carboxylic acids is 2. The van der Waals surface area contributed by atoms with Crippen LogP contribution in [0.5, 0.6) is 0 Å². The topological polar surface area (TPSA) is 104 Å². The van der Waals surface area contributed by atoms with Gasteiger partial charge >= 0.3 is 63.3 Å². The summed E-state index contributed by atoms with van der Waals surface area (Å²) in [4.78, 5) is 30.1. The summed E-state index contributed by atoms with van der Waals surface area (Å²) < 4.78 is 4.12. The molecule has 0 saturated carbocycles. The summed E-state index contributed by atoms with van der Waals surface area (Å²) in [5.74, 6) is -3.51. The minimum Gasteiger partial charge on any atom is -0.550 e. The predicted octanol–water partition coefficient (Wildman–Crippen LogP) is -4.85. The predicted molar refractivity (Wildman–Crippen MR) is 32.8 cm³/mol. The van der Waals surface area contributed by atoms with E-state index in [1.165, 1.54) is 0 Å². The van der Waals surface area contributed by atoms with Crippen LogP contribution < -0.4 is 56.5 Å². The van der Waals surface area contributed by atoms with Crippen LogP contribution in [0.4, 0.5) is 0 Å². The number of carboxylic acids is 2. The van der Waals surface area contributed by atoms with Gasteiger partial charge in [0.1, 0.15) is 0 Å². The Bertz CT molecular complexity index is 181. The Morgan fingerprint density at radius 1 is 1.23 bits per heavy atom. The number of rotatable bonds is 5. The number of carboxylic acid groups (broad SMARTS) is 2. The van der Waals surface area contributed by atoms with Gasteiger partial charge in [0.25, 0.3) is 0 Å². The van der Waals surface area contributed by atoms with Gasteiger partial charge in [0.05, 0.1) is 6.42 Å². The third kappa shape index (κ3) is 12.0. The Kier molecular flexibility index (Phi) is 10.3. The van der Waals surface area contributed by atoms with Crippen molar-refractivity contribution in [1.82, 2.24) is 0 Å². The van der Waals surface area contributed by atoms with Gasteiger partial charge in [-0.15, -0.1) is 0 Å². The number of carbonyl (C=O) groups is 3. The van der Waals surface area contributed by atoms with Gasteiger partial charge in [-0.25, -0.2) is 4.79 Å². The number of esters is 1. The fourth-order valence-corrected chi connectivity index (χ4v) is 0.419. The van der Waals surface area contributed by atoms with Crippen molar-refractivity contribution in [3.63, 3.8) is 0 Å². The van der Waals surface area contributed by atoms with Crippen LogP contribution in [0.3, 0.4) is 0 Å². The Morgan fingerprint density at radius 2 is 1.77 bits per heavy atom. The van der Waals surface area contributed by atoms with Crippen molar-refractivity contribution >= 4 is 17.9 Å². The molecule has 13 heavy (non-hydrogen) atoms. The maximum atomic E-state index is 10.5. The van der Waals surface area contributed by atoms with E-state index in [0.717, 1.165) is 0 Å². The number of ether oxygens (including phenoxy) is 1. The van der Waals surface area contributed by atoms with Crippen LogP contribution >= 0.6 is 0 Å². The van der Waals surface area contributed by atoms with Gasteiger partial charge in [-0.2, -0.15) is 0 Å². The average Bonchev–Trinajstić information content (AvgIpc) is 1.96. The summed E-state index contributed by atoms with van der Waals surface area (Å²) in [5, 5.41) is 17.8. The zero-order valence-corrected chi connectivity index (χ0v) is 10.2. The molecule has 0 amide bonds. The second-order valence-corrected chi connectivity index (χ2v) is 1.93. The Hall–Kier alpha value is 0.0464. The van der Waals surface area contributed by atoms with Crippen molar-refractivity contribution in [2.45, 2.75) is 12.8 Å². The number of hydrogen-bond donors (Lipinski definition) is 1. The largest absolute Gasteiger partial charge is 1.00 e. The minimum atomic E-state index is -1.37. The zero-order chi connectivity index (χ0) is 9.56. The zero-order valence-electron chi connectivity index (χ0n) is 7.11. The molecule has 0 spiro atoms. The van der Waals surface area contributed by atoms with E-state index >= 15 is 0 Å². The van der Waals surface area contributed by atoms with Crippen LogP contribution in [0.15, 0.2) is 0 Å². The quantitative estimate of drug-likeness (QED) is 0.363. The van der Waals surface area contributed by atoms with Crippen LogP contribution in [0, 0.1) is 0 Å². The van der Waals surface area contributed by atoms with Crippen LogP contribution in [0.2, 0.25) is 0 Å². The van der Waals surface area contributed by atoms with Gasteiger partial charge in [-0.05, 0) is 6.42 Å². The maximum Gasteiger partial charge on any atom is 1.00 e. The minimum absolute atomic E-state index is 0. The van der Waals surface area contributed by atoms with Gasteiger partial charge in [-0.1, -0.05) is 0 Å². The Labute approximate surface area is 117 Å². The summed E-state index contributed by atoms with van der Waals surface area (Å²) in [6.07, 6.45) is -0.825. The van der Waals surface area contributed by atoms with E-state index in [4.69, 9.17) is 5.11 Å². The van der Waals surface area contributed by atoms with Crippen molar-refractivity contribution < 1.29 is 80.7 Å². The first-order valence-corrected chi connectivity index (χ1v) is 3.09. The van der Waals surface area contributed by atoms with Gasteiger partial charge < -0.3 is 19.7 Å². The third-order valence-corrected chi connectivity index (χ3v) is 0.890. The van der Waals surface area contributed by atoms with E-state index in [0.29, 0.717) is 0 Å². The van der Waals surface area contributed by atoms with Crippen molar-refractivity contribution in [2.75, 3.05) is 6.61 Å². The summed E-state index contributed by atoms with van der Waals surface area (Å²) >= 11 is 0. The normalized spacial score (nSPS) is 8.31. The first-order valence-electron chi connectivity index (χ1n) is 3.09. The molecule has 0 aliphatic carbocycles. The molecule has 0 rings (SSSR count). The Morgan fingerprint density at radius 3 is 2.15 bits per heavy atom. The molecule has 0 aromatic rings. The van der Waals surface area contributed by atoms with Crippen molar-refractivity contribution in [2.24, 2.45) is 0 Å². The smallest absolute Gasteiger partial charge is 0.550 e. The molecule has 0 aromatic carbocycles. The molecule has 0 radical (unpaired) electrons. The molecule has 68 valence electrons. The maximum absolute atomic E-state index is 10.5. The SMILES string of the molecule is O=C([O-])CCC(=O)OCC(=O)O.[K+]. The van der Waals surface area contributed by atoms with E-state index in [1.807, 2.05) is 0 Å². The molecule has 1 N–H and O–H groups in total. The standard InChI is InChI=1S/C6H8O6.K/c7-4(8)1-2-6(11)12-3-5(9)10;/h1-3H2,(H,7,8)(H,9,10);/q;+1/p-1. The van der Waals surface area contributed by atoms with Crippen molar-refractivity contribution in [1.29, 1.82) is 0 Å². The number of hydrogen-bond acceptors (Lipinski definition) is 5. The molecule has 0 atom stereocenters. The summed E-state index contributed by atoms with van der Waals surface area (Å²) in [6.45, 7) is -0.744. The Balaban J connectivity index is 0. The molecule has 0 heterocycles. The molecule has 0 saturated heterocycles. The van der Waals surface area contributed by atoms with Crippen LogP contribution in [0.1, 0.15) is 12.8 Å². The van der Waals surface area contributed by atoms with E-state index in [1.54, 1.807) is 0 Å². The van der Waals surface area contributed by atoms with Gasteiger partial charge in [0.2, 0.25) is 0 Å². The van der Waals surface area contributed by atoms with Gasteiger partial charge in [0.15, 0.2) is 6.61 Å². The first kappa shape index (κ1) is 15.5. The molecule has 7 heteroatoms. The van der Waals surface area contributed by atoms with Gasteiger partial charge in [-0.3, -0.25) is 4.79 Å². The molecular weight excluding hydrogens is 207 g/mol.